The van der Waals surface area contributed by atoms with E-state index in [9.17, 15) is 18.0 Å². The van der Waals surface area contributed by atoms with Crippen molar-refractivity contribution >= 4 is 33.2 Å². The van der Waals surface area contributed by atoms with Crippen LogP contribution in [0.25, 0.3) is 0 Å². The van der Waals surface area contributed by atoms with E-state index in [4.69, 9.17) is 4.74 Å². The highest BCUT2D eigenvalue weighted by atomic mass is 32.2. The molecule has 8 nitrogen and oxygen atoms in total. The van der Waals surface area contributed by atoms with E-state index in [1.807, 2.05) is 19.1 Å². The number of sulfonamides is 1. The predicted octanol–water partition coefficient (Wildman–Crippen LogP) is 3.38. The van der Waals surface area contributed by atoms with Gasteiger partial charge in [0.25, 0.3) is 0 Å². The van der Waals surface area contributed by atoms with Gasteiger partial charge in [-0.1, -0.05) is 12.1 Å². The Morgan fingerprint density at radius 2 is 1.94 bits per heavy atom. The molecule has 2 heterocycles. The van der Waals surface area contributed by atoms with Gasteiger partial charge in [-0.25, -0.2) is 8.42 Å². The maximum absolute atomic E-state index is 13.5. The Morgan fingerprint density at radius 3 is 2.68 bits per heavy atom. The molecule has 0 unspecified atom stereocenters. The average molecular weight is 486 g/mol. The highest BCUT2D eigenvalue weighted by Gasteiger charge is 2.43. The molecule has 1 N–H and O–H groups in total. The van der Waals surface area contributed by atoms with Crippen molar-refractivity contribution in [3.63, 3.8) is 0 Å². The van der Waals surface area contributed by atoms with E-state index in [1.165, 1.54) is 4.31 Å². The van der Waals surface area contributed by atoms with Gasteiger partial charge in [0.05, 0.1) is 28.5 Å². The minimum absolute atomic E-state index is 0.0703. The summed E-state index contributed by atoms with van der Waals surface area (Å²) in [7, 11) is -2.13. The summed E-state index contributed by atoms with van der Waals surface area (Å²) in [4.78, 5) is 27.3. The summed E-state index contributed by atoms with van der Waals surface area (Å²) in [5.74, 6) is -0.191. The van der Waals surface area contributed by atoms with Crippen LogP contribution >= 0.6 is 0 Å². The zero-order chi connectivity index (χ0) is 24.7. The van der Waals surface area contributed by atoms with E-state index in [-0.39, 0.29) is 23.3 Å². The zero-order valence-electron chi connectivity index (χ0n) is 20.0. The summed E-state index contributed by atoms with van der Waals surface area (Å²) in [6.45, 7) is 6.40. The molecular weight excluding hydrogens is 454 g/mol. The van der Waals surface area contributed by atoms with E-state index in [0.29, 0.717) is 43.0 Å². The molecule has 0 bridgehead atoms. The number of anilines is 2. The van der Waals surface area contributed by atoms with Gasteiger partial charge in [-0.15, -0.1) is 0 Å². The van der Waals surface area contributed by atoms with Crippen LogP contribution in [0.5, 0.6) is 5.75 Å². The number of amides is 2. The third-order valence-electron chi connectivity index (χ3n) is 6.68. The number of carbonyl (C=O) groups excluding carboxylic acids is 2. The summed E-state index contributed by atoms with van der Waals surface area (Å²) in [5, 5.41) is 2.90. The van der Waals surface area contributed by atoms with Gasteiger partial charge in [-0.2, -0.15) is 4.31 Å². The molecule has 34 heavy (non-hydrogen) atoms. The first kappa shape index (κ1) is 24.2. The van der Waals surface area contributed by atoms with Gasteiger partial charge in [0, 0.05) is 25.8 Å². The molecule has 1 atom stereocenters. The maximum atomic E-state index is 13.5. The molecule has 0 radical (unpaired) electrons. The SMILES string of the molecule is CCOc1ccccc1NC(=O)[C@H]1CCCN(S(=O)(=O)c2ccc3c(c2)C(C)(C)C(=O)N3C)C1. The van der Waals surface area contributed by atoms with E-state index >= 15 is 0 Å². The highest BCUT2D eigenvalue weighted by Crippen LogP contribution is 2.42. The van der Waals surface area contributed by atoms with Crippen LogP contribution in [0.3, 0.4) is 0 Å². The van der Waals surface area contributed by atoms with E-state index in [1.54, 1.807) is 56.1 Å². The number of rotatable bonds is 6. The molecule has 4 rings (SSSR count). The predicted molar refractivity (Wildman–Crippen MR) is 131 cm³/mol. The first-order valence-corrected chi connectivity index (χ1v) is 13.0. The fourth-order valence-electron chi connectivity index (χ4n) is 4.72. The molecule has 1 fully saturated rings. The van der Waals surface area contributed by atoms with Crippen molar-refractivity contribution in [2.75, 3.05) is 37.0 Å². The number of nitrogens with zero attached hydrogens (tertiary/aromatic N) is 2. The number of piperidine rings is 1. The van der Waals surface area contributed by atoms with Crippen molar-refractivity contribution < 1.29 is 22.7 Å². The molecule has 0 aliphatic carbocycles. The Kier molecular flexibility index (Phi) is 6.44. The van der Waals surface area contributed by atoms with Gasteiger partial charge < -0.3 is 15.0 Å². The molecule has 2 aromatic carbocycles. The van der Waals surface area contributed by atoms with Crippen molar-refractivity contribution in [3.05, 3.63) is 48.0 Å². The van der Waals surface area contributed by atoms with Crippen LogP contribution in [-0.4, -0.2) is 51.3 Å². The number of para-hydroxylation sites is 2. The molecule has 2 amide bonds. The minimum atomic E-state index is -3.83. The van der Waals surface area contributed by atoms with Crippen LogP contribution < -0.4 is 15.0 Å². The monoisotopic (exact) mass is 485 g/mol. The van der Waals surface area contributed by atoms with E-state index in [2.05, 4.69) is 5.32 Å². The van der Waals surface area contributed by atoms with Crippen molar-refractivity contribution in [1.29, 1.82) is 0 Å². The van der Waals surface area contributed by atoms with Crippen LogP contribution in [0.4, 0.5) is 11.4 Å². The second kappa shape index (κ2) is 9.03. The van der Waals surface area contributed by atoms with Gasteiger partial charge >= 0.3 is 0 Å². The molecule has 9 heteroatoms. The Bertz CT molecular complexity index is 1220. The maximum Gasteiger partial charge on any atom is 0.243 e. The molecule has 2 aromatic rings. The Labute approximate surface area is 200 Å². The van der Waals surface area contributed by atoms with E-state index in [0.717, 1.165) is 5.69 Å². The van der Waals surface area contributed by atoms with Crippen molar-refractivity contribution in [2.24, 2.45) is 5.92 Å². The molecule has 2 aliphatic heterocycles. The van der Waals surface area contributed by atoms with Crippen LogP contribution in [0, 0.1) is 5.92 Å². The summed E-state index contributed by atoms with van der Waals surface area (Å²) in [5.41, 5.74) is 1.19. The Morgan fingerprint density at radius 1 is 1.21 bits per heavy atom. The van der Waals surface area contributed by atoms with Crippen molar-refractivity contribution in [3.8, 4) is 5.75 Å². The fraction of sp³-hybridized carbons (Fsp3) is 0.440. The number of carbonyl (C=O) groups is 2. The third kappa shape index (κ3) is 4.18. The quantitative estimate of drug-likeness (QED) is 0.677. The Balaban J connectivity index is 1.54. The number of hydrogen-bond acceptors (Lipinski definition) is 5. The number of likely N-dealkylation sites (N-methyl/N-ethyl adjacent to an activating group) is 1. The second-order valence-electron chi connectivity index (χ2n) is 9.29. The lowest BCUT2D eigenvalue weighted by atomic mass is 9.86. The summed E-state index contributed by atoms with van der Waals surface area (Å²) in [6, 6.07) is 12.0. The average Bonchev–Trinajstić information content (AvgIpc) is 3.00. The standard InChI is InChI=1S/C25H31N3O5S/c1-5-33-22-11-7-6-10-20(22)26-23(29)17-9-8-14-28(16-17)34(31,32)18-12-13-21-19(15-18)25(2,3)24(30)27(21)4/h6-7,10-13,15,17H,5,8-9,14,16H2,1-4H3,(H,26,29)/t17-/m0/s1. The third-order valence-corrected chi connectivity index (χ3v) is 8.54. The van der Waals surface area contributed by atoms with Gasteiger partial charge in [0.2, 0.25) is 21.8 Å². The Hall–Kier alpha value is -2.91. The molecule has 0 aromatic heterocycles. The number of hydrogen-bond donors (Lipinski definition) is 1. The molecule has 0 saturated carbocycles. The number of ether oxygens (including phenoxy) is 1. The molecule has 182 valence electrons. The van der Waals surface area contributed by atoms with Gasteiger partial charge in [0.1, 0.15) is 5.75 Å². The first-order chi connectivity index (χ1) is 16.1. The van der Waals surface area contributed by atoms with Crippen molar-refractivity contribution in [1.82, 2.24) is 4.31 Å². The summed E-state index contributed by atoms with van der Waals surface area (Å²) in [6.07, 6.45) is 1.19. The smallest absolute Gasteiger partial charge is 0.243 e. The lowest BCUT2D eigenvalue weighted by molar-refractivity contribution is -0.122. The van der Waals surface area contributed by atoms with Crippen molar-refractivity contribution in [2.45, 2.75) is 43.9 Å². The van der Waals surface area contributed by atoms with Crippen LogP contribution in [0.2, 0.25) is 0 Å². The number of fused-ring (bicyclic) bond motifs is 1. The highest BCUT2D eigenvalue weighted by molar-refractivity contribution is 7.89. The molecule has 1 saturated heterocycles. The topological polar surface area (TPSA) is 96.0 Å². The van der Waals surface area contributed by atoms with Crippen LogP contribution in [-0.2, 0) is 25.0 Å². The first-order valence-electron chi connectivity index (χ1n) is 11.5. The normalized spacial score (nSPS) is 20.2. The lowest BCUT2D eigenvalue weighted by Gasteiger charge is -2.31. The summed E-state index contributed by atoms with van der Waals surface area (Å²) >= 11 is 0. The molecule has 0 spiro atoms. The van der Waals surface area contributed by atoms with Gasteiger partial charge in [-0.3, -0.25) is 9.59 Å². The molecule has 2 aliphatic rings. The van der Waals surface area contributed by atoms with Crippen LogP contribution in [0.15, 0.2) is 47.4 Å². The number of nitrogens with one attached hydrogen (secondary N) is 1. The fourth-order valence-corrected chi connectivity index (χ4v) is 6.27. The molecular formula is C25H31N3O5S. The largest absolute Gasteiger partial charge is 0.492 e. The van der Waals surface area contributed by atoms with E-state index < -0.39 is 21.4 Å². The zero-order valence-corrected chi connectivity index (χ0v) is 20.8. The second-order valence-corrected chi connectivity index (χ2v) is 11.2. The van der Waals surface area contributed by atoms with Gasteiger partial charge in [-0.05, 0) is 69.5 Å². The van der Waals surface area contributed by atoms with Gasteiger partial charge in [0.15, 0.2) is 0 Å². The lowest BCUT2D eigenvalue weighted by Crippen LogP contribution is -2.43. The summed E-state index contributed by atoms with van der Waals surface area (Å²) < 4.78 is 34.0. The number of benzene rings is 2. The van der Waals surface area contributed by atoms with Crippen LogP contribution in [0.1, 0.15) is 39.2 Å². The minimum Gasteiger partial charge on any atom is -0.492 e.